The molecular weight excluding hydrogens is 310 g/mol. The van der Waals surface area contributed by atoms with E-state index in [1.54, 1.807) is 7.11 Å². The van der Waals surface area contributed by atoms with Gasteiger partial charge in [0, 0.05) is 16.6 Å². The second-order valence-corrected chi connectivity index (χ2v) is 5.79. The Kier molecular flexibility index (Phi) is 4.47. The van der Waals surface area contributed by atoms with Crippen LogP contribution in [0.1, 0.15) is 31.2 Å². The van der Waals surface area contributed by atoms with Crippen LogP contribution in [0.4, 0.5) is 0 Å². The molecule has 1 fully saturated rings. The summed E-state index contributed by atoms with van der Waals surface area (Å²) in [6, 6.07) is 5.63. The third kappa shape index (κ3) is 3.28. The van der Waals surface area contributed by atoms with E-state index >= 15 is 0 Å². The van der Waals surface area contributed by atoms with Crippen LogP contribution in [-0.2, 0) is 11.3 Å². The topological polar surface area (TPSA) is 58.6 Å². The molecule has 0 aliphatic heterocycles. The van der Waals surface area contributed by atoms with E-state index in [4.69, 9.17) is 4.74 Å². The van der Waals surface area contributed by atoms with Gasteiger partial charge in [0.25, 0.3) is 5.91 Å². The van der Waals surface area contributed by atoms with E-state index in [9.17, 15) is 9.90 Å². The molecule has 0 bridgehead atoms. The Bertz CT molecular complexity index is 470. The Balaban J connectivity index is 2.02. The van der Waals surface area contributed by atoms with E-state index in [-0.39, 0.29) is 5.91 Å². The van der Waals surface area contributed by atoms with Crippen molar-refractivity contribution in [2.24, 2.45) is 0 Å². The lowest BCUT2D eigenvalue weighted by Gasteiger charge is -2.21. The molecule has 1 aliphatic carbocycles. The molecule has 1 saturated carbocycles. The Morgan fingerprint density at radius 3 is 2.79 bits per heavy atom. The minimum atomic E-state index is -1.18. The molecule has 0 atom stereocenters. The molecule has 19 heavy (non-hydrogen) atoms. The second kappa shape index (κ2) is 5.92. The van der Waals surface area contributed by atoms with Crippen molar-refractivity contribution in [2.75, 3.05) is 7.11 Å². The van der Waals surface area contributed by atoms with Crippen molar-refractivity contribution in [3.8, 4) is 5.75 Å². The highest BCUT2D eigenvalue weighted by atomic mass is 79.9. The lowest BCUT2D eigenvalue weighted by Crippen LogP contribution is -2.44. The summed E-state index contributed by atoms with van der Waals surface area (Å²) >= 11 is 3.39. The van der Waals surface area contributed by atoms with Crippen LogP contribution in [0, 0.1) is 0 Å². The van der Waals surface area contributed by atoms with Crippen LogP contribution in [0.15, 0.2) is 22.7 Å². The predicted octanol–water partition coefficient (Wildman–Crippen LogP) is 2.38. The maximum absolute atomic E-state index is 12.0. The van der Waals surface area contributed by atoms with Gasteiger partial charge in [-0.15, -0.1) is 0 Å². The number of ether oxygens (including phenoxy) is 1. The molecule has 5 heteroatoms. The number of hydrogen-bond acceptors (Lipinski definition) is 3. The summed E-state index contributed by atoms with van der Waals surface area (Å²) in [6.45, 7) is 0.351. The van der Waals surface area contributed by atoms with E-state index in [1.807, 2.05) is 18.2 Å². The Labute approximate surface area is 121 Å². The van der Waals surface area contributed by atoms with Gasteiger partial charge >= 0.3 is 0 Å². The van der Waals surface area contributed by atoms with Crippen molar-refractivity contribution in [3.63, 3.8) is 0 Å². The number of aliphatic hydroxyl groups is 1. The third-order valence-electron chi connectivity index (χ3n) is 3.54. The van der Waals surface area contributed by atoms with E-state index in [1.165, 1.54) is 0 Å². The second-order valence-electron chi connectivity index (χ2n) is 4.88. The SMILES string of the molecule is COc1ccc(Br)cc1CNC(=O)C1(O)CCCC1. The fraction of sp³-hybridized carbons (Fsp3) is 0.500. The molecule has 1 aromatic carbocycles. The summed E-state index contributed by atoms with van der Waals surface area (Å²) in [7, 11) is 1.60. The van der Waals surface area contributed by atoms with E-state index in [0.29, 0.717) is 19.4 Å². The minimum Gasteiger partial charge on any atom is -0.496 e. The number of nitrogens with one attached hydrogen (secondary N) is 1. The number of amides is 1. The lowest BCUT2D eigenvalue weighted by atomic mass is 10.0. The number of benzene rings is 1. The number of carbonyl (C=O) groups is 1. The highest BCUT2D eigenvalue weighted by molar-refractivity contribution is 9.10. The summed E-state index contributed by atoms with van der Waals surface area (Å²) in [5.41, 5.74) is -0.300. The first-order chi connectivity index (χ1) is 9.05. The Morgan fingerprint density at radius 1 is 1.47 bits per heavy atom. The summed E-state index contributed by atoms with van der Waals surface area (Å²) in [6.07, 6.45) is 2.91. The van der Waals surface area contributed by atoms with Crippen LogP contribution in [0.5, 0.6) is 5.75 Å². The van der Waals surface area contributed by atoms with Crippen molar-refractivity contribution in [2.45, 2.75) is 37.8 Å². The number of halogens is 1. The monoisotopic (exact) mass is 327 g/mol. The molecule has 0 heterocycles. The first-order valence-corrected chi connectivity index (χ1v) is 7.17. The first-order valence-electron chi connectivity index (χ1n) is 6.38. The largest absolute Gasteiger partial charge is 0.496 e. The average Bonchev–Trinajstić information content (AvgIpc) is 2.84. The maximum Gasteiger partial charge on any atom is 0.252 e. The normalized spacial score (nSPS) is 17.2. The quantitative estimate of drug-likeness (QED) is 0.892. The van der Waals surface area contributed by atoms with Crippen molar-refractivity contribution >= 4 is 21.8 Å². The van der Waals surface area contributed by atoms with Gasteiger partial charge in [-0.25, -0.2) is 0 Å². The zero-order valence-corrected chi connectivity index (χ0v) is 12.5. The Morgan fingerprint density at radius 2 is 2.16 bits per heavy atom. The number of rotatable bonds is 4. The van der Waals surface area contributed by atoms with E-state index < -0.39 is 5.60 Å². The molecule has 2 N–H and O–H groups in total. The molecule has 1 amide bonds. The summed E-state index contributed by atoms with van der Waals surface area (Å²) < 4.78 is 6.18. The predicted molar refractivity (Wildman–Crippen MR) is 76.0 cm³/mol. The van der Waals surface area contributed by atoms with E-state index in [0.717, 1.165) is 28.6 Å². The number of hydrogen-bond donors (Lipinski definition) is 2. The summed E-state index contributed by atoms with van der Waals surface area (Å²) in [5, 5.41) is 13.0. The molecular formula is C14H18BrNO3. The molecule has 0 spiro atoms. The van der Waals surface area contributed by atoms with Gasteiger partial charge < -0.3 is 15.2 Å². The van der Waals surface area contributed by atoms with Gasteiger partial charge in [-0.1, -0.05) is 15.9 Å². The van der Waals surface area contributed by atoms with Crippen LogP contribution in [0.3, 0.4) is 0 Å². The van der Waals surface area contributed by atoms with Crippen LogP contribution >= 0.6 is 15.9 Å². The van der Waals surface area contributed by atoms with Crippen molar-refractivity contribution in [1.29, 1.82) is 0 Å². The van der Waals surface area contributed by atoms with Gasteiger partial charge in [0.05, 0.1) is 7.11 Å². The molecule has 0 saturated heterocycles. The van der Waals surface area contributed by atoms with Gasteiger partial charge in [0.15, 0.2) is 0 Å². The smallest absolute Gasteiger partial charge is 0.252 e. The number of methoxy groups -OCH3 is 1. The maximum atomic E-state index is 12.0. The van der Waals surface area contributed by atoms with Crippen molar-refractivity contribution < 1.29 is 14.6 Å². The van der Waals surface area contributed by atoms with E-state index in [2.05, 4.69) is 21.2 Å². The lowest BCUT2D eigenvalue weighted by molar-refractivity contribution is -0.139. The Hall–Kier alpha value is -1.07. The average molecular weight is 328 g/mol. The highest BCUT2D eigenvalue weighted by Crippen LogP contribution is 2.30. The number of carbonyl (C=O) groups excluding carboxylic acids is 1. The van der Waals surface area contributed by atoms with Gasteiger partial charge in [0.2, 0.25) is 0 Å². The molecule has 1 aromatic rings. The van der Waals surface area contributed by atoms with Crippen LogP contribution in [-0.4, -0.2) is 23.7 Å². The van der Waals surface area contributed by atoms with Crippen LogP contribution < -0.4 is 10.1 Å². The molecule has 4 nitrogen and oxygen atoms in total. The zero-order chi connectivity index (χ0) is 13.9. The van der Waals surface area contributed by atoms with Crippen molar-refractivity contribution in [3.05, 3.63) is 28.2 Å². The summed E-state index contributed by atoms with van der Waals surface area (Å²) in [5.74, 6) is 0.439. The van der Waals surface area contributed by atoms with Crippen molar-refractivity contribution in [1.82, 2.24) is 5.32 Å². The molecule has 0 unspecified atom stereocenters. The molecule has 0 aromatic heterocycles. The molecule has 104 valence electrons. The van der Waals surface area contributed by atoms with Gasteiger partial charge in [-0.3, -0.25) is 4.79 Å². The van der Waals surface area contributed by atoms with Gasteiger partial charge in [0.1, 0.15) is 11.4 Å². The van der Waals surface area contributed by atoms with Crippen LogP contribution in [0.25, 0.3) is 0 Å². The standard InChI is InChI=1S/C14H18BrNO3/c1-19-12-5-4-11(15)8-10(12)9-16-13(17)14(18)6-2-3-7-14/h4-5,8,18H,2-3,6-7,9H2,1H3,(H,16,17). The highest BCUT2D eigenvalue weighted by Gasteiger charge is 2.38. The fourth-order valence-electron chi connectivity index (χ4n) is 2.41. The molecule has 0 radical (unpaired) electrons. The minimum absolute atomic E-state index is 0.285. The fourth-order valence-corrected chi connectivity index (χ4v) is 2.82. The summed E-state index contributed by atoms with van der Waals surface area (Å²) in [4.78, 5) is 12.0. The zero-order valence-electron chi connectivity index (χ0n) is 10.9. The molecule has 1 aliphatic rings. The van der Waals surface area contributed by atoms with Gasteiger partial charge in [-0.05, 0) is 43.9 Å². The first kappa shape index (κ1) is 14.3. The third-order valence-corrected chi connectivity index (χ3v) is 4.03. The van der Waals surface area contributed by atoms with Gasteiger partial charge in [-0.2, -0.15) is 0 Å². The van der Waals surface area contributed by atoms with Crippen LogP contribution in [0.2, 0.25) is 0 Å². The molecule has 2 rings (SSSR count).